The molecule has 1 heterocycles. The molecule has 0 amide bonds. The topological polar surface area (TPSA) is 13.1 Å². The highest BCUT2D eigenvalue weighted by molar-refractivity contribution is 6.24. The first-order chi connectivity index (χ1) is 31.7. The second-order valence-electron chi connectivity index (χ2n) is 13.0. The summed E-state index contributed by atoms with van der Waals surface area (Å²) in [5, 5.41) is 4.63. The van der Waals surface area contributed by atoms with Gasteiger partial charge in [0.25, 0.3) is 0 Å². The van der Waals surface area contributed by atoms with Crippen LogP contribution in [-0.2, 0) is 0 Å². The lowest BCUT2D eigenvalue weighted by molar-refractivity contribution is 0.669. The van der Waals surface area contributed by atoms with Gasteiger partial charge in [0.05, 0.1) is 17.8 Å². The van der Waals surface area contributed by atoms with Gasteiger partial charge in [0.2, 0.25) is 0 Å². The van der Waals surface area contributed by atoms with Gasteiger partial charge in [-0.25, -0.2) is 0 Å². The largest absolute Gasteiger partial charge is 0.456 e. The molecule has 0 atom stereocenters. The van der Waals surface area contributed by atoms with Crippen molar-refractivity contribution in [1.82, 2.24) is 0 Å². The second-order valence-corrected chi connectivity index (χ2v) is 13.0. The molecular formula is C52H32O. The van der Waals surface area contributed by atoms with Gasteiger partial charge in [-0.15, -0.1) is 0 Å². The van der Waals surface area contributed by atoms with Crippen molar-refractivity contribution in [3.8, 4) is 44.5 Å². The van der Waals surface area contributed by atoms with Gasteiger partial charge < -0.3 is 4.42 Å². The molecule has 11 rings (SSSR count). The van der Waals surface area contributed by atoms with Gasteiger partial charge >= 0.3 is 0 Å². The normalized spacial score (nSPS) is 15.2. The highest BCUT2D eigenvalue weighted by Gasteiger charge is 2.20. The van der Waals surface area contributed by atoms with E-state index in [4.69, 9.17) is 16.8 Å². The Hall–Kier alpha value is -6.96. The van der Waals surface area contributed by atoms with Gasteiger partial charge in [-0.2, -0.15) is 0 Å². The van der Waals surface area contributed by atoms with Crippen molar-refractivity contribution < 1.29 is 22.2 Å². The molecule has 0 unspecified atom stereocenters. The Kier molecular flexibility index (Phi) is 4.36. The summed E-state index contributed by atoms with van der Waals surface area (Å²) < 4.78 is 123. The van der Waals surface area contributed by atoms with Crippen molar-refractivity contribution in [1.29, 1.82) is 0 Å². The standard InChI is InChI=1S/C52H32O/c1-2-15-34(16-3-1)50-42-21-8-10-23-44(42)51(45-24-11-9-22-43(45)50)46-30-29-37(38-19-6-7-20-40(38)46)35-28-31-48-47(32-35)52-41(26-13-27-49(52)53-48)39-25-12-17-33-14-4-5-18-36(33)39/h1-32H/i1D,2D,3D,8D,9D,10D,11D,15D,16D,21D,22D,23D,24D. The van der Waals surface area contributed by atoms with Crippen LogP contribution in [0.15, 0.2) is 198 Å². The summed E-state index contributed by atoms with van der Waals surface area (Å²) in [5.74, 6) is 0. The van der Waals surface area contributed by atoms with E-state index in [0.717, 1.165) is 54.8 Å². The Balaban J connectivity index is 1.25. The van der Waals surface area contributed by atoms with E-state index in [0.29, 0.717) is 16.5 Å². The van der Waals surface area contributed by atoms with Crippen molar-refractivity contribution >= 4 is 65.0 Å². The molecule has 0 spiro atoms. The van der Waals surface area contributed by atoms with Crippen LogP contribution in [-0.4, -0.2) is 0 Å². The van der Waals surface area contributed by atoms with Crippen LogP contribution in [0.3, 0.4) is 0 Å². The molecule has 0 aliphatic carbocycles. The van der Waals surface area contributed by atoms with Crippen molar-refractivity contribution in [3.63, 3.8) is 0 Å². The molecule has 0 saturated carbocycles. The Labute approximate surface area is 325 Å². The molecule has 0 N–H and O–H groups in total. The first-order valence-corrected chi connectivity index (χ1v) is 17.2. The van der Waals surface area contributed by atoms with Crippen LogP contribution in [0.4, 0.5) is 0 Å². The lowest BCUT2D eigenvalue weighted by atomic mass is 9.84. The monoisotopic (exact) mass is 685 g/mol. The number of hydrogen-bond donors (Lipinski definition) is 0. The molecule has 1 heteroatoms. The number of rotatable bonds is 4. The third kappa shape index (κ3) is 4.58. The van der Waals surface area contributed by atoms with Crippen LogP contribution in [0.1, 0.15) is 17.8 Å². The predicted molar refractivity (Wildman–Crippen MR) is 225 cm³/mol. The van der Waals surface area contributed by atoms with Crippen molar-refractivity contribution in [2.24, 2.45) is 0 Å². The lowest BCUT2D eigenvalue weighted by Gasteiger charge is -2.19. The van der Waals surface area contributed by atoms with E-state index >= 15 is 0 Å². The maximum absolute atomic E-state index is 9.44. The highest BCUT2D eigenvalue weighted by atomic mass is 16.3. The first kappa shape index (κ1) is 19.6. The molecule has 0 aliphatic rings. The molecule has 0 fully saturated rings. The zero-order valence-corrected chi connectivity index (χ0v) is 27.9. The first-order valence-electron chi connectivity index (χ1n) is 23.7. The summed E-state index contributed by atoms with van der Waals surface area (Å²) >= 11 is 0. The molecule has 0 bridgehead atoms. The van der Waals surface area contributed by atoms with Crippen molar-refractivity contribution in [2.45, 2.75) is 0 Å². The van der Waals surface area contributed by atoms with E-state index < -0.39 is 84.1 Å². The highest BCUT2D eigenvalue weighted by Crippen LogP contribution is 2.47. The van der Waals surface area contributed by atoms with Gasteiger partial charge in [0, 0.05) is 10.8 Å². The fourth-order valence-corrected chi connectivity index (χ4v) is 7.97. The minimum Gasteiger partial charge on any atom is -0.456 e. The van der Waals surface area contributed by atoms with E-state index in [9.17, 15) is 5.48 Å². The van der Waals surface area contributed by atoms with Crippen LogP contribution in [0.25, 0.3) is 110 Å². The Morgan fingerprint density at radius 1 is 0.340 bits per heavy atom. The molecule has 0 radical (unpaired) electrons. The van der Waals surface area contributed by atoms with Crippen LogP contribution in [0.5, 0.6) is 0 Å². The van der Waals surface area contributed by atoms with Gasteiger partial charge in [-0.3, -0.25) is 0 Å². The van der Waals surface area contributed by atoms with E-state index in [2.05, 4.69) is 36.4 Å². The number of furan rings is 1. The summed E-state index contributed by atoms with van der Waals surface area (Å²) in [4.78, 5) is 0. The molecule has 246 valence electrons. The van der Waals surface area contributed by atoms with E-state index in [1.165, 1.54) is 0 Å². The summed E-state index contributed by atoms with van der Waals surface area (Å²) in [6, 6.07) is 29.2. The molecule has 53 heavy (non-hydrogen) atoms. The summed E-state index contributed by atoms with van der Waals surface area (Å²) in [6.45, 7) is 0. The van der Waals surface area contributed by atoms with Gasteiger partial charge in [0.15, 0.2) is 0 Å². The van der Waals surface area contributed by atoms with Crippen LogP contribution in [0, 0.1) is 0 Å². The van der Waals surface area contributed by atoms with Crippen LogP contribution >= 0.6 is 0 Å². The number of hydrogen-bond acceptors (Lipinski definition) is 1. The summed E-state index contributed by atoms with van der Waals surface area (Å²) in [6.07, 6.45) is 0. The third-order valence-corrected chi connectivity index (χ3v) is 10.2. The van der Waals surface area contributed by atoms with Crippen molar-refractivity contribution in [2.75, 3.05) is 0 Å². The van der Waals surface area contributed by atoms with E-state index in [-0.39, 0.29) is 32.7 Å². The zero-order chi connectivity index (χ0) is 46.2. The van der Waals surface area contributed by atoms with Crippen molar-refractivity contribution in [3.05, 3.63) is 194 Å². The summed E-state index contributed by atoms with van der Waals surface area (Å²) in [5.41, 5.74) is 4.85. The average molecular weight is 686 g/mol. The summed E-state index contributed by atoms with van der Waals surface area (Å²) in [7, 11) is 0. The fraction of sp³-hybridized carbons (Fsp3) is 0. The number of benzene rings is 10. The molecule has 11 aromatic rings. The third-order valence-electron chi connectivity index (χ3n) is 10.2. The SMILES string of the molecule is [2H]c1c([2H])c([2H])c(-c2c3c([2H])c([2H])c([2H])c([2H])c3c(-c3ccc(-c4ccc5oc6cccc(-c7cccc8ccccc78)c6c5c4)c4ccccc34)c3c([2H])c([2H])c([2H])c([2H])c23)c([2H])c1[2H]. The lowest BCUT2D eigenvalue weighted by Crippen LogP contribution is -1.92. The molecule has 0 saturated heterocycles. The van der Waals surface area contributed by atoms with Crippen LogP contribution in [0.2, 0.25) is 0 Å². The average Bonchev–Trinajstić information content (AvgIpc) is 3.72. The molecule has 0 aliphatic heterocycles. The van der Waals surface area contributed by atoms with Gasteiger partial charge in [-0.1, -0.05) is 176 Å². The van der Waals surface area contributed by atoms with E-state index in [1.807, 2.05) is 72.8 Å². The van der Waals surface area contributed by atoms with Gasteiger partial charge in [-0.05, 0) is 106 Å². The minimum absolute atomic E-state index is 0.0777. The maximum atomic E-state index is 9.44. The molecular weight excluding hydrogens is 641 g/mol. The Bertz CT molecular complexity index is 3870. The zero-order valence-electron chi connectivity index (χ0n) is 40.9. The molecule has 1 aromatic heterocycles. The van der Waals surface area contributed by atoms with Crippen LogP contribution < -0.4 is 0 Å². The molecule has 1 nitrogen and oxygen atoms in total. The maximum Gasteiger partial charge on any atom is 0.136 e. The smallest absolute Gasteiger partial charge is 0.136 e. The Morgan fingerprint density at radius 2 is 0.925 bits per heavy atom. The quantitative estimate of drug-likeness (QED) is 0.168. The predicted octanol–water partition coefficient (Wildman–Crippen LogP) is 14.9. The molecule has 10 aromatic carbocycles. The minimum atomic E-state index is -0.717. The van der Waals surface area contributed by atoms with Gasteiger partial charge in [0.1, 0.15) is 11.2 Å². The second kappa shape index (κ2) is 11.8. The Morgan fingerprint density at radius 3 is 1.68 bits per heavy atom. The number of fused-ring (bicyclic) bond motifs is 7. The van der Waals surface area contributed by atoms with E-state index in [1.54, 1.807) is 6.07 Å². The fourth-order valence-electron chi connectivity index (χ4n) is 7.97.